The number of halogens is 5. The second kappa shape index (κ2) is 12.0. The van der Waals surface area contributed by atoms with Crippen LogP contribution in [-0.4, -0.2) is 56.5 Å². The van der Waals surface area contributed by atoms with Gasteiger partial charge in [-0.15, -0.1) is 0 Å². The molecular weight excluding hydrogens is 556 g/mol. The van der Waals surface area contributed by atoms with E-state index in [0.717, 1.165) is 23.2 Å². The van der Waals surface area contributed by atoms with E-state index in [4.69, 9.17) is 34.3 Å². The highest BCUT2D eigenvalue weighted by molar-refractivity contribution is 6.31. The van der Waals surface area contributed by atoms with Crippen LogP contribution in [0.15, 0.2) is 48.5 Å². The summed E-state index contributed by atoms with van der Waals surface area (Å²) in [5.41, 5.74) is 9.58. The molecule has 1 unspecified atom stereocenters. The second-order valence-corrected chi connectivity index (χ2v) is 10.1. The predicted octanol–water partition coefficient (Wildman–Crippen LogP) is 4.51. The number of carbonyl (C=O) groups is 1. The van der Waals surface area contributed by atoms with Gasteiger partial charge in [-0.05, 0) is 54.3 Å². The van der Waals surface area contributed by atoms with Crippen molar-refractivity contribution in [2.24, 2.45) is 5.73 Å². The Hall–Kier alpha value is -3.12. The molecule has 8 nitrogen and oxygen atoms in total. The number of amides is 2. The van der Waals surface area contributed by atoms with Gasteiger partial charge in [0.05, 0.1) is 25.3 Å². The standard InChI is InChI=1S/C26H27Cl2F3N6O2/c27-17-7-5-15(6-8-17)24(33)36(14-23(38)26(29,30)31)25(39)34-12-21-19-10-9-18(32)11-22(19)37(35-21)13-16-3-1-2-4-20(16)28/h1-8,18,23,33,38H,9-14,32H2,(H,34,39)/t18?,23-/m0/s1. The van der Waals surface area contributed by atoms with Gasteiger partial charge in [0.25, 0.3) is 0 Å². The number of nitrogens with two attached hydrogens (primary N) is 1. The number of fused-ring (bicyclic) bond motifs is 1. The lowest BCUT2D eigenvalue weighted by Gasteiger charge is -2.27. The molecule has 2 aromatic carbocycles. The Balaban J connectivity index is 1.57. The minimum Gasteiger partial charge on any atom is -0.382 e. The number of aromatic nitrogens is 2. The number of benzene rings is 2. The normalized spacial score (nSPS) is 15.9. The molecule has 3 aromatic rings. The van der Waals surface area contributed by atoms with Gasteiger partial charge in [-0.3, -0.25) is 15.0 Å². The molecule has 0 spiro atoms. The van der Waals surface area contributed by atoms with E-state index < -0.39 is 30.7 Å². The Kier molecular flexibility index (Phi) is 8.85. The van der Waals surface area contributed by atoms with Crippen molar-refractivity contribution < 1.29 is 23.1 Å². The zero-order chi connectivity index (χ0) is 28.3. The van der Waals surface area contributed by atoms with Crippen LogP contribution in [0, 0.1) is 5.41 Å². The molecule has 0 radical (unpaired) electrons. The van der Waals surface area contributed by atoms with Gasteiger partial charge in [0.1, 0.15) is 5.84 Å². The molecule has 0 bridgehead atoms. The molecule has 0 aliphatic heterocycles. The molecule has 13 heteroatoms. The van der Waals surface area contributed by atoms with Crippen LogP contribution in [0.3, 0.4) is 0 Å². The smallest absolute Gasteiger partial charge is 0.382 e. The molecule has 39 heavy (non-hydrogen) atoms. The fourth-order valence-electron chi connectivity index (χ4n) is 4.42. The van der Waals surface area contributed by atoms with E-state index in [2.05, 4.69) is 10.4 Å². The van der Waals surface area contributed by atoms with Crippen molar-refractivity contribution in [1.82, 2.24) is 20.0 Å². The van der Waals surface area contributed by atoms with Crippen LogP contribution in [-0.2, 0) is 25.9 Å². The number of urea groups is 1. The Bertz CT molecular complexity index is 1350. The van der Waals surface area contributed by atoms with E-state index in [1.54, 1.807) is 10.7 Å². The van der Waals surface area contributed by atoms with Gasteiger partial charge in [0, 0.05) is 33.8 Å². The molecule has 208 valence electrons. The summed E-state index contributed by atoms with van der Waals surface area (Å²) >= 11 is 12.2. The number of aliphatic hydroxyl groups excluding tert-OH is 1. The number of rotatable bonds is 7. The largest absolute Gasteiger partial charge is 0.416 e. The molecule has 1 heterocycles. The van der Waals surface area contributed by atoms with E-state index in [-0.39, 0.29) is 18.2 Å². The van der Waals surface area contributed by atoms with E-state index in [1.165, 1.54) is 24.3 Å². The van der Waals surface area contributed by atoms with E-state index >= 15 is 0 Å². The molecule has 4 rings (SSSR count). The van der Waals surface area contributed by atoms with Crippen LogP contribution in [0.5, 0.6) is 0 Å². The van der Waals surface area contributed by atoms with Crippen LogP contribution in [0.25, 0.3) is 0 Å². The van der Waals surface area contributed by atoms with Gasteiger partial charge in [-0.2, -0.15) is 18.3 Å². The maximum atomic E-state index is 13.1. The quantitative estimate of drug-likeness (QED) is 0.242. The zero-order valence-corrected chi connectivity index (χ0v) is 22.2. The summed E-state index contributed by atoms with van der Waals surface area (Å²) in [4.78, 5) is 13.7. The van der Waals surface area contributed by atoms with Crippen LogP contribution in [0.2, 0.25) is 10.0 Å². The van der Waals surface area contributed by atoms with Crippen molar-refractivity contribution in [2.45, 2.75) is 50.7 Å². The monoisotopic (exact) mass is 582 g/mol. The molecule has 1 aliphatic carbocycles. The fourth-order valence-corrected chi connectivity index (χ4v) is 4.74. The first-order valence-electron chi connectivity index (χ1n) is 12.1. The van der Waals surface area contributed by atoms with Crippen LogP contribution in [0.1, 0.15) is 34.5 Å². The van der Waals surface area contributed by atoms with E-state index in [0.29, 0.717) is 40.0 Å². The number of nitrogens with zero attached hydrogens (tertiary/aromatic N) is 3. The summed E-state index contributed by atoms with van der Waals surface area (Å²) in [6.45, 7) is -0.878. The van der Waals surface area contributed by atoms with Gasteiger partial charge in [0.15, 0.2) is 6.10 Å². The molecule has 0 saturated heterocycles. The third kappa shape index (κ3) is 6.91. The van der Waals surface area contributed by atoms with Crippen LogP contribution < -0.4 is 11.1 Å². The Morgan fingerprint density at radius 2 is 1.92 bits per heavy atom. The molecule has 1 aromatic heterocycles. The summed E-state index contributed by atoms with van der Waals surface area (Å²) in [7, 11) is 0. The van der Waals surface area contributed by atoms with Crippen molar-refractivity contribution in [2.75, 3.05) is 6.54 Å². The van der Waals surface area contributed by atoms with Crippen molar-refractivity contribution in [3.05, 3.63) is 86.7 Å². The topological polar surface area (TPSA) is 120 Å². The summed E-state index contributed by atoms with van der Waals surface area (Å²) in [6, 6.07) is 12.0. The lowest BCUT2D eigenvalue weighted by Crippen LogP contribution is -2.50. The Labute approximate surface area is 233 Å². The molecule has 0 fully saturated rings. The number of nitrogens with one attached hydrogen (secondary N) is 2. The third-order valence-corrected chi connectivity index (χ3v) is 7.14. The lowest BCUT2D eigenvalue weighted by molar-refractivity contribution is -0.204. The number of amidine groups is 1. The van der Waals surface area contributed by atoms with Gasteiger partial charge < -0.3 is 16.2 Å². The number of aliphatic hydroxyl groups is 1. The third-order valence-electron chi connectivity index (χ3n) is 6.52. The molecule has 2 amide bonds. The fraction of sp³-hybridized carbons (Fsp3) is 0.346. The number of hydrogen-bond donors (Lipinski definition) is 4. The highest BCUT2D eigenvalue weighted by Crippen LogP contribution is 2.27. The predicted molar refractivity (Wildman–Crippen MR) is 142 cm³/mol. The molecule has 5 N–H and O–H groups in total. The van der Waals surface area contributed by atoms with Gasteiger partial charge in [-0.1, -0.05) is 41.4 Å². The van der Waals surface area contributed by atoms with Gasteiger partial charge in [-0.25, -0.2) is 4.79 Å². The highest BCUT2D eigenvalue weighted by atomic mass is 35.5. The first-order valence-corrected chi connectivity index (χ1v) is 12.9. The van der Waals surface area contributed by atoms with Crippen molar-refractivity contribution >= 4 is 35.1 Å². The average Bonchev–Trinajstić information content (AvgIpc) is 3.22. The Morgan fingerprint density at radius 1 is 1.23 bits per heavy atom. The summed E-state index contributed by atoms with van der Waals surface area (Å²) in [5, 5.41) is 26.3. The van der Waals surface area contributed by atoms with Crippen molar-refractivity contribution in [3.8, 4) is 0 Å². The summed E-state index contributed by atoms with van der Waals surface area (Å²) in [6.07, 6.45) is -5.90. The summed E-state index contributed by atoms with van der Waals surface area (Å²) in [5.74, 6) is -0.523. The number of hydrogen-bond acceptors (Lipinski definition) is 5. The SMILES string of the molecule is N=C(c1ccc(Cl)cc1)N(C[C@H](O)C(F)(F)F)C(=O)NCc1nn(Cc2ccccc2Cl)c2c1CCC(N)C2. The molecule has 1 aliphatic rings. The van der Waals surface area contributed by atoms with Crippen molar-refractivity contribution in [1.29, 1.82) is 5.41 Å². The van der Waals surface area contributed by atoms with Crippen LogP contribution >= 0.6 is 23.2 Å². The second-order valence-electron chi connectivity index (χ2n) is 9.31. The van der Waals surface area contributed by atoms with Crippen LogP contribution in [0.4, 0.5) is 18.0 Å². The summed E-state index contributed by atoms with van der Waals surface area (Å²) < 4.78 is 41.2. The zero-order valence-electron chi connectivity index (χ0n) is 20.7. The maximum absolute atomic E-state index is 13.1. The van der Waals surface area contributed by atoms with E-state index in [9.17, 15) is 23.1 Å². The first-order chi connectivity index (χ1) is 18.4. The highest BCUT2D eigenvalue weighted by Gasteiger charge is 2.41. The minimum atomic E-state index is -4.98. The lowest BCUT2D eigenvalue weighted by atomic mass is 9.92. The average molecular weight is 583 g/mol. The maximum Gasteiger partial charge on any atom is 0.416 e. The van der Waals surface area contributed by atoms with Crippen molar-refractivity contribution in [3.63, 3.8) is 0 Å². The number of carbonyl (C=O) groups excluding carboxylic acids is 1. The molecule has 0 saturated carbocycles. The minimum absolute atomic E-state index is 0.0548. The molecule has 2 atom stereocenters. The van der Waals surface area contributed by atoms with Gasteiger partial charge in [0.2, 0.25) is 0 Å². The number of alkyl halides is 3. The van der Waals surface area contributed by atoms with Gasteiger partial charge >= 0.3 is 12.2 Å². The Morgan fingerprint density at radius 3 is 2.59 bits per heavy atom. The molecular formula is C26H27Cl2F3N6O2. The first kappa shape index (κ1) is 28.9. The van der Waals surface area contributed by atoms with E-state index in [1.807, 2.05) is 18.2 Å².